The number of rotatable bonds is 2. The van der Waals surface area contributed by atoms with Gasteiger partial charge in [-0.15, -0.1) is 0 Å². The van der Waals surface area contributed by atoms with Crippen molar-refractivity contribution in [2.24, 2.45) is 10.8 Å². The van der Waals surface area contributed by atoms with Gasteiger partial charge in [0.1, 0.15) is 0 Å². The summed E-state index contributed by atoms with van der Waals surface area (Å²) in [6.45, 7) is 16.6. The zero-order valence-electron chi connectivity index (χ0n) is 10.3. The maximum atomic E-state index is 3.37. The van der Waals surface area contributed by atoms with Crippen LogP contribution in [0.2, 0.25) is 0 Å². The van der Waals surface area contributed by atoms with Gasteiger partial charge in [0, 0.05) is 6.54 Å². The first-order chi connectivity index (χ1) is 5.63. The Morgan fingerprint density at radius 3 is 1.85 bits per heavy atom. The minimum absolute atomic E-state index is 0.283. The molecule has 78 valence electrons. The molecule has 0 spiro atoms. The predicted octanol–water partition coefficient (Wildman–Crippen LogP) is 3.57. The Morgan fingerprint density at radius 2 is 1.54 bits per heavy atom. The van der Waals surface area contributed by atoms with Crippen molar-refractivity contribution in [1.29, 1.82) is 0 Å². The Morgan fingerprint density at radius 1 is 1.08 bits per heavy atom. The number of hydrogen-bond acceptors (Lipinski definition) is 1. The molecule has 13 heavy (non-hydrogen) atoms. The van der Waals surface area contributed by atoms with Crippen LogP contribution in [0.25, 0.3) is 0 Å². The molecule has 0 aliphatic heterocycles. The van der Waals surface area contributed by atoms with Crippen molar-refractivity contribution in [3.63, 3.8) is 0 Å². The second kappa shape index (κ2) is 4.17. The molecular weight excluding hydrogens is 158 g/mol. The molecule has 0 rings (SSSR count). The number of nitrogens with one attached hydrogen (secondary N) is 1. The zero-order chi connectivity index (χ0) is 10.7. The van der Waals surface area contributed by atoms with Crippen molar-refractivity contribution in [3.05, 3.63) is 11.8 Å². The summed E-state index contributed by atoms with van der Waals surface area (Å²) in [5, 5.41) is 3.37. The molecule has 0 aromatic rings. The highest BCUT2D eigenvalue weighted by Gasteiger charge is 2.13. The van der Waals surface area contributed by atoms with E-state index in [1.165, 1.54) is 5.57 Å². The SMILES string of the molecule is C/C(=C\NCC(C)(C)C)C(C)(C)C. The highest BCUT2D eigenvalue weighted by molar-refractivity contribution is 5.06. The van der Waals surface area contributed by atoms with Crippen LogP contribution in [0.3, 0.4) is 0 Å². The molecule has 0 saturated heterocycles. The maximum Gasteiger partial charge on any atom is 0.0190 e. The molecular formula is C12H25N. The van der Waals surface area contributed by atoms with Crippen molar-refractivity contribution in [3.8, 4) is 0 Å². The van der Waals surface area contributed by atoms with Gasteiger partial charge in [-0.05, 0) is 24.0 Å². The van der Waals surface area contributed by atoms with Crippen LogP contribution in [-0.4, -0.2) is 6.54 Å². The highest BCUT2D eigenvalue weighted by atomic mass is 14.8. The summed E-state index contributed by atoms with van der Waals surface area (Å²) in [5.74, 6) is 0. The Kier molecular flexibility index (Phi) is 4.02. The molecule has 0 radical (unpaired) electrons. The van der Waals surface area contributed by atoms with Crippen LogP contribution in [0.4, 0.5) is 0 Å². The van der Waals surface area contributed by atoms with Crippen LogP contribution in [0.1, 0.15) is 48.5 Å². The fourth-order valence-electron chi connectivity index (χ4n) is 0.727. The summed E-state index contributed by atoms with van der Waals surface area (Å²) in [6.07, 6.45) is 2.14. The number of hydrogen-bond donors (Lipinski definition) is 1. The van der Waals surface area contributed by atoms with Crippen LogP contribution in [-0.2, 0) is 0 Å². The summed E-state index contributed by atoms with van der Waals surface area (Å²) in [6, 6.07) is 0. The van der Waals surface area contributed by atoms with E-state index in [2.05, 4.69) is 60.0 Å². The summed E-state index contributed by atoms with van der Waals surface area (Å²) >= 11 is 0. The summed E-state index contributed by atoms with van der Waals surface area (Å²) in [5.41, 5.74) is 2.04. The standard InChI is InChI=1S/C12H25N/c1-10(12(5,6)7)8-13-9-11(2,3)4/h8,13H,9H2,1-7H3/b10-8+. The summed E-state index contributed by atoms with van der Waals surface area (Å²) < 4.78 is 0. The molecule has 1 nitrogen and oxygen atoms in total. The van der Waals surface area contributed by atoms with Gasteiger partial charge in [0.2, 0.25) is 0 Å². The average molecular weight is 183 g/mol. The average Bonchev–Trinajstić information content (AvgIpc) is 1.82. The van der Waals surface area contributed by atoms with E-state index in [1.807, 2.05) is 0 Å². The lowest BCUT2D eigenvalue weighted by Gasteiger charge is -2.22. The molecule has 0 saturated carbocycles. The predicted molar refractivity (Wildman–Crippen MR) is 60.7 cm³/mol. The second-order valence-electron chi connectivity index (χ2n) is 6.02. The van der Waals surface area contributed by atoms with Gasteiger partial charge in [0.15, 0.2) is 0 Å². The molecule has 0 amide bonds. The zero-order valence-corrected chi connectivity index (χ0v) is 10.3. The van der Waals surface area contributed by atoms with Gasteiger partial charge in [0.05, 0.1) is 0 Å². The van der Waals surface area contributed by atoms with Gasteiger partial charge in [0.25, 0.3) is 0 Å². The van der Waals surface area contributed by atoms with Crippen LogP contribution < -0.4 is 5.32 Å². The van der Waals surface area contributed by atoms with E-state index < -0.39 is 0 Å². The number of allylic oxidation sites excluding steroid dienone is 1. The van der Waals surface area contributed by atoms with Crippen LogP contribution in [0, 0.1) is 10.8 Å². The van der Waals surface area contributed by atoms with Crippen LogP contribution in [0.15, 0.2) is 11.8 Å². The van der Waals surface area contributed by atoms with Gasteiger partial charge in [-0.2, -0.15) is 0 Å². The topological polar surface area (TPSA) is 12.0 Å². The molecule has 0 aliphatic rings. The third-order valence-corrected chi connectivity index (χ3v) is 2.13. The Hall–Kier alpha value is -0.460. The monoisotopic (exact) mass is 183 g/mol. The van der Waals surface area contributed by atoms with Crippen LogP contribution >= 0.6 is 0 Å². The van der Waals surface area contributed by atoms with Crippen LogP contribution in [0.5, 0.6) is 0 Å². The third kappa shape index (κ3) is 6.68. The summed E-state index contributed by atoms with van der Waals surface area (Å²) in [4.78, 5) is 0. The van der Waals surface area contributed by atoms with E-state index in [-0.39, 0.29) is 5.41 Å². The van der Waals surface area contributed by atoms with E-state index in [9.17, 15) is 0 Å². The first-order valence-electron chi connectivity index (χ1n) is 5.03. The lowest BCUT2D eigenvalue weighted by Crippen LogP contribution is -2.24. The fraction of sp³-hybridized carbons (Fsp3) is 0.833. The summed E-state index contributed by atoms with van der Waals surface area (Å²) in [7, 11) is 0. The van der Waals surface area contributed by atoms with Gasteiger partial charge in [-0.1, -0.05) is 47.1 Å². The molecule has 1 heteroatoms. The lowest BCUT2D eigenvalue weighted by atomic mass is 9.88. The van der Waals surface area contributed by atoms with Crippen molar-refractivity contribution < 1.29 is 0 Å². The van der Waals surface area contributed by atoms with E-state index in [0.29, 0.717) is 5.41 Å². The van der Waals surface area contributed by atoms with Gasteiger partial charge < -0.3 is 5.32 Å². The minimum Gasteiger partial charge on any atom is -0.390 e. The van der Waals surface area contributed by atoms with Gasteiger partial charge in [-0.3, -0.25) is 0 Å². The fourth-order valence-corrected chi connectivity index (χ4v) is 0.727. The third-order valence-electron chi connectivity index (χ3n) is 2.13. The van der Waals surface area contributed by atoms with E-state index in [0.717, 1.165) is 6.54 Å². The largest absolute Gasteiger partial charge is 0.390 e. The van der Waals surface area contributed by atoms with Crippen molar-refractivity contribution in [2.45, 2.75) is 48.5 Å². The normalized spacial score (nSPS) is 14.5. The van der Waals surface area contributed by atoms with E-state index in [4.69, 9.17) is 0 Å². The highest BCUT2D eigenvalue weighted by Crippen LogP contribution is 2.23. The van der Waals surface area contributed by atoms with E-state index >= 15 is 0 Å². The molecule has 0 aromatic heterocycles. The Labute approximate surface area is 83.6 Å². The molecule has 0 bridgehead atoms. The van der Waals surface area contributed by atoms with Crippen molar-refractivity contribution in [2.75, 3.05) is 6.54 Å². The Balaban J connectivity index is 4.00. The van der Waals surface area contributed by atoms with Crippen molar-refractivity contribution >= 4 is 0 Å². The van der Waals surface area contributed by atoms with Gasteiger partial charge >= 0.3 is 0 Å². The molecule has 1 N–H and O–H groups in total. The second-order valence-corrected chi connectivity index (χ2v) is 6.02. The molecule has 0 aliphatic carbocycles. The molecule has 0 atom stereocenters. The smallest absolute Gasteiger partial charge is 0.0190 e. The first-order valence-corrected chi connectivity index (χ1v) is 5.03. The maximum absolute atomic E-state index is 3.37. The molecule has 0 aromatic carbocycles. The molecule has 0 heterocycles. The Bertz CT molecular complexity index is 176. The minimum atomic E-state index is 0.283. The quantitative estimate of drug-likeness (QED) is 0.690. The molecule has 0 fully saturated rings. The van der Waals surface area contributed by atoms with Crippen molar-refractivity contribution in [1.82, 2.24) is 5.32 Å². The van der Waals surface area contributed by atoms with E-state index in [1.54, 1.807) is 0 Å². The van der Waals surface area contributed by atoms with Gasteiger partial charge in [-0.25, -0.2) is 0 Å². The lowest BCUT2D eigenvalue weighted by molar-refractivity contribution is 0.399. The first kappa shape index (κ1) is 12.5. The molecule has 0 unspecified atom stereocenters.